The molecule has 2 aromatic carbocycles. The second-order valence-corrected chi connectivity index (χ2v) is 9.96. The molecule has 0 aromatic heterocycles. The lowest BCUT2D eigenvalue weighted by Crippen LogP contribution is -2.53. The largest absolute Gasteiger partial charge is 0.444 e. The van der Waals surface area contributed by atoms with E-state index in [1.54, 1.807) is 29.2 Å². The zero-order chi connectivity index (χ0) is 25.2. The Morgan fingerprint density at radius 3 is 1.69 bits per heavy atom. The van der Waals surface area contributed by atoms with Crippen molar-refractivity contribution < 1.29 is 14.3 Å². The quantitative estimate of drug-likeness (QED) is 0.546. The van der Waals surface area contributed by atoms with Crippen LogP contribution in [0.4, 0.5) is 4.79 Å². The van der Waals surface area contributed by atoms with Gasteiger partial charge in [-0.2, -0.15) is 10.5 Å². The van der Waals surface area contributed by atoms with Gasteiger partial charge in [0.2, 0.25) is 0 Å². The summed E-state index contributed by atoms with van der Waals surface area (Å²) in [5.41, 5.74) is 3.27. The van der Waals surface area contributed by atoms with Gasteiger partial charge in [-0.05, 0) is 81.2 Å². The van der Waals surface area contributed by atoms with Crippen LogP contribution in [0.25, 0.3) is 12.2 Å². The summed E-state index contributed by atoms with van der Waals surface area (Å²) in [5.74, 6) is -0.00978. The summed E-state index contributed by atoms with van der Waals surface area (Å²) in [6.45, 7) is 6.50. The first kappa shape index (κ1) is 24.0. The number of carbonyl (C=O) groups is 2. The van der Waals surface area contributed by atoms with E-state index in [4.69, 9.17) is 15.3 Å². The molecule has 0 radical (unpaired) electrons. The Balaban J connectivity index is 1.66. The first-order chi connectivity index (χ1) is 16.6. The highest BCUT2D eigenvalue weighted by atomic mass is 16.6. The number of ketones is 1. The minimum Gasteiger partial charge on any atom is -0.444 e. The van der Waals surface area contributed by atoms with Gasteiger partial charge in [-0.1, -0.05) is 24.3 Å². The molecule has 4 rings (SSSR count). The normalized spacial score (nSPS) is 19.2. The minimum atomic E-state index is -0.569. The molecule has 0 N–H and O–H groups in total. The molecule has 1 heterocycles. The summed E-state index contributed by atoms with van der Waals surface area (Å²) in [6.07, 6.45) is 4.70. The number of likely N-dealkylation sites (tertiary alicyclic amines) is 1. The number of nitrogens with zero attached hydrogens (tertiary/aromatic N) is 3. The van der Waals surface area contributed by atoms with E-state index in [-0.39, 0.29) is 11.9 Å². The monoisotopic (exact) mass is 465 g/mol. The van der Waals surface area contributed by atoms with Crippen molar-refractivity contribution in [2.24, 2.45) is 5.41 Å². The van der Waals surface area contributed by atoms with Crippen molar-refractivity contribution in [2.45, 2.75) is 39.2 Å². The van der Waals surface area contributed by atoms with Gasteiger partial charge in [0.05, 0.1) is 23.3 Å². The SMILES string of the molecule is CC(C)(C)OC(=O)N1CCC2(CC1)/C(=C\c1ccc(C#N)cc1)C(=O)/C2=C/c1ccc(C#N)cc1. The second-order valence-electron chi connectivity index (χ2n) is 9.96. The molecule has 176 valence electrons. The fourth-order valence-electron chi connectivity index (χ4n) is 4.65. The van der Waals surface area contributed by atoms with Gasteiger partial charge in [-0.15, -0.1) is 0 Å². The van der Waals surface area contributed by atoms with Crippen molar-refractivity contribution >= 4 is 24.0 Å². The third-order valence-corrected chi connectivity index (χ3v) is 6.49. The van der Waals surface area contributed by atoms with E-state index >= 15 is 0 Å². The molecular formula is C29H27N3O3. The van der Waals surface area contributed by atoms with Crippen LogP contribution in [0.15, 0.2) is 59.7 Å². The van der Waals surface area contributed by atoms with Crippen LogP contribution in [0.5, 0.6) is 0 Å². The third kappa shape index (κ3) is 4.88. The van der Waals surface area contributed by atoms with Gasteiger partial charge in [0, 0.05) is 29.7 Å². The first-order valence-electron chi connectivity index (χ1n) is 11.6. The second kappa shape index (κ2) is 9.24. The highest BCUT2D eigenvalue weighted by molar-refractivity contribution is 6.23. The Morgan fingerprint density at radius 1 is 0.886 bits per heavy atom. The molecule has 0 atom stereocenters. The van der Waals surface area contributed by atoms with Gasteiger partial charge >= 0.3 is 6.09 Å². The first-order valence-corrected chi connectivity index (χ1v) is 11.6. The summed E-state index contributed by atoms with van der Waals surface area (Å²) >= 11 is 0. The lowest BCUT2D eigenvalue weighted by molar-refractivity contribution is -0.118. The maximum Gasteiger partial charge on any atom is 0.410 e. The molecular weight excluding hydrogens is 438 g/mol. The highest BCUT2D eigenvalue weighted by Gasteiger charge is 2.55. The number of hydrogen-bond acceptors (Lipinski definition) is 5. The molecule has 1 amide bonds. The van der Waals surface area contributed by atoms with E-state index in [0.29, 0.717) is 37.1 Å². The molecule has 1 aliphatic carbocycles. The molecule has 0 bridgehead atoms. The topological polar surface area (TPSA) is 94.2 Å². The van der Waals surface area contributed by atoms with Crippen molar-refractivity contribution in [3.63, 3.8) is 0 Å². The van der Waals surface area contributed by atoms with Crippen LogP contribution in [0.2, 0.25) is 0 Å². The highest BCUT2D eigenvalue weighted by Crippen LogP contribution is 2.56. The van der Waals surface area contributed by atoms with Crippen LogP contribution in [-0.4, -0.2) is 35.5 Å². The summed E-state index contributed by atoms with van der Waals surface area (Å²) in [6, 6.07) is 18.5. The lowest BCUT2D eigenvalue weighted by atomic mass is 9.54. The predicted octanol–water partition coefficient (Wildman–Crippen LogP) is 5.50. The Morgan fingerprint density at radius 2 is 1.31 bits per heavy atom. The molecule has 1 saturated carbocycles. The zero-order valence-electron chi connectivity index (χ0n) is 20.2. The minimum absolute atomic E-state index is 0.00978. The van der Waals surface area contributed by atoms with Gasteiger partial charge in [-0.25, -0.2) is 4.79 Å². The van der Waals surface area contributed by atoms with Gasteiger partial charge < -0.3 is 9.64 Å². The van der Waals surface area contributed by atoms with Crippen molar-refractivity contribution in [3.8, 4) is 12.1 Å². The van der Waals surface area contributed by atoms with E-state index in [0.717, 1.165) is 22.3 Å². The molecule has 1 spiro atoms. The molecule has 6 nitrogen and oxygen atoms in total. The van der Waals surface area contributed by atoms with Crippen LogP contribution in [-0.2, 0) is 9.53 Å². The number of amides is 1. The predicted molar refractivity (Wildman–Crippen MR) is 133 cm³/mol. The van der Waals surface area contributed by atoms with Crippen molar-refractivity contribution in [1.29, 1.82) is 10.5 Å². The summed E-state index contributed by atoms with van der Waals surface area (Å²) in [7, 11) is 0. The summed E-state index contributed by atoms with van der Waals surface area (Å²) in [5, 5.41) is 18.1. The van der Waals surface area contributed by atoms with Crippen molar-refractivity contribution in [1.82, 2.24) is 4.90 Å². The van der Waals surface area contributed by atoms with Crippen LogP contribution in [0.1, 0.15) is 55.9 Å². The Labute approximate surface area is 205 Å². The third-order valence-electron chi connectivity index (χ3n) is 6.49. The van der Waals surface area contributed by atoms with Gasteiger partial charge in [0.25, 0.3) is 0 Å². The lowest BCUT2D eigenvalue weighted by Gasteiger charge is -2.50. The number of hydrogen-bond donors (Lipinski definition) is 0. The number of ether oxygens (including phenoxy) is 1. The van der Waals surface area contributed by atoms with E-state index in [1.165, 1.54) is 0 Å². The van der Waals surface area contributed by atoms with E-state index in [1.807, 2.05) is 57.2 Å². The number of benzene rings is 2. The average Bonchev–Trinajstić information content (AvgIpc) is 2.85. The van der Waals surface area contributed by atoms with Gasteiger partial charge in [0.1, 0.15) is 5.60 Å². The summed E-state index contributed by atoms with van der Waals surface area (Å²) < 4.78 is 5.54. The van der Waals surface area contributed by atoms with Gasteiger partial charge in [0.15, 0.2) is 5.78 Å². The van der Waals surface area contributed by atoms with Crippen LogP contribution < -0.4 is 0 Å². The number of rotatable bonds is 2. The van der Waals surface area contributed by atoms with Crippen LogP contribution in [0, 0.1) is 28.1 Å². The molecule has 2 fully saturated rings. The molecule has 35 heavy (non-hydrogen) atoms. The fraction of sp³-hybridized carbons (Fsp3) is 0.310. The van der Waals surface area contributed by atoms with Crippen LogP contribution >= 0.6 is 0 Å². The standard InChI is InChI=1S/C29H27N3O3/c1-28(2,3)35-27(34)32-14-12-29(13-15-32)24(16-20-4-8-22(18-30)9-5-20)26(33)25(29)17-21-6-10-23(19-31)11-7-21/h4-11,16-17H,12-15H2,1-3H3/b24-16-,25-17-. The number of allylic oxidation sites excluding steroid dienone is 2. The number of nitriles is 2. The zero-order valence-corrected chi connectivity index (χ0v) is 20.2. The number of Topliss-reactive ketones (excluding diaryl/α,β-unsaturated/α-hetero) is 1. The molecule has 2 aliphatic rings. The van der Waals surface area contributed by atoms with Crippen molar-refractivity contribution in [3.05, 3.63) is 81.9 Å². The smallest absolute Gasteiger partial charge is 0.410 e. The maximum atomic E-state index is 13.3. The molecule has 1 saturated heterocycles. The average molecular weight is 466 g/mol. The van der Waals surface area contributed by atoms with Gasteiger partial charge in [-0.3, -0.25) is 4.79 Å². The molecule has 2 aromatic rings. The van der Waals surface area contributed by atoms with E-state index < -0.39 is 11.0 Å². The Kier molecular flexibility index (Phi) is 6.33. The summed E-state index contributed by atoms with van der Waals surface area (Å²) in [4.78, 5) is 27.7. The maximum absolute atomic E-state index is 13.3. The Hall–Kier alpha value is -4.16. The van der Waals surface area contributed by atoms with Crippen molar-refractivity contribution in [2.75, 3.05) is 13.1 Å². The number of piperidine rings is 1. The Bertz CT molecular complexity index is 1210. The molecule has 0 unspecified atom stereocenters. The molecule has 1 aliphatic heterocycles. The van der Waals surface area contributed by atoms with Crippen LogP contribution in [0.3, 0.4) is 0 Å². The van der Waals surface area contributed by atoms with E-state index in [2.05, 4.69) is 12.1 Å². The molecule has 6 heteroatoms. The fourth-order valence-corrected chi connectivity index (χ4v) is 4.65. The number of carbonyl (C=O) groups excluding carboxylic acids is 2. The van der Waals surface area contributed by atoms with E-state index in [9.17, 15) is 9.59 Å².